The van der Waals surface area contributed by atoms with Crippen molar-refractivity contribution in [2.75, 3.05) is 7.05 Å². The molecule has 0 aliphatic carbocycles. The summed E-state index contributed by atoms with van der Waals surface area (Å²) in [6.07, 6.45) is 0. The summed E-state index contributed by atoms with van der Waals surface area (Å²) in [4.78, 5) is 14.9. The topological polar surface area (TPSA) is 58.4 Å². The van der Waals surface area contributed by atoms with Gasteiger partial charge in [0.2, 0.25) is 5.91 Å². The molecule has 2 rings (SSSR count). The van der Waals surface area contributed by atoms with Crippen molar-refractivity contribution in [1.82, 2.24) is 10.2 Å². The van der Waals surface area contributed by atoms with Crippen molar-refractivity contribution in [1.29, 1.82) is 0 Å². The molecule has 134 valence electrons. The van der Waals surface area contributed by atoms with E-state index < -0.39 is 5.54 Å². The zero-order valence-corrected chi connectivity index (χ0v) is 15.6. The van der Waals surface area contributed by atoms with Gasteiger partial charge in [-0.3, -0.25) is 9.69 Å². The largest absolute Gasteiger partial charge is 0.350 e. The number of nitrogens with zero attached hydrogens (tertiary/aromatic N) is 1. The van der Waals surface area contributed by atoms with Gasteiger partial charge in [0.25, 0.3) is 0 Å². The van der Waals surface area contributed by atoms with E-state index in [1.165, 1.54) is 5.56 Å². The number of carbonyl (C=O) groups is 1. The maximum Gasteiger partial charge on any atom is 0.244 e. The van der Waals surface area contributed by atoms with E-state index in [4.69, 9.17) is 5.73 Å². The Hall–Kier alpha value is -2.17. The molecule has 4 nitrogen and oxygen atoms in total. The molecule has 3 N–H and O–H groups in total. The second-order valence-corrected chi connectivity index (χ2v) is 7.03. The highest BCUT2D eigenvalue weighted by Crippen LogP contribution is 2.18. The fourth-order valence-electron chi connectivity index (χ4n) is 2.61. The standard InChI is InChI=1S/C21H29N3O/c1-16(2)24(4)15-18-11-9-8-10-17(18)14-23-20(25)21(3,22)19-12-6-5-7-13-19/h5-13,16H,14-15,22H2,1-4H3,(H,23,25). The zero-order valence-electron chi connectivity index (χ0n) is 15.6. The summed E-state index contributed by atoms with van der Waals surface area (Å²) in [6.45, 7) is 7.41. The van der Waals surface area contributed by atoms with Gasteiger partial charge in [0, 0.05) is 19.1 Å². The van der Waals surface area contributed by atoms with Crippen LogP contribution in [0, 0.1) is 0 Å². The monoisotopic (exact) mass is 339 g/mol. The van der Waals surface area contributed by atoms with Crippen molar-refractivity contribution in [3.63, 3.8) is 0 Å². The van der Waals surface area contributed by atoms with E-state index in [9.17, 15) is 4.79 Å². The average Bonchev–Trinajstić information content (AvgIpc) is 2.61. The number of hydrogen-bond acceptors (Lipinski definition) is 3. The van der Waals surface area contributed by atoms with Crippen LogP contribution in [-0.4, -0.2) is 23.9 Å². The Labute approximate surface area is 151 Å². The first-order valence-corrected chi connectivity index (χ1v) is 8.72. The molecule has 25 heavy (non-hydrogen) atoms. The Bertz CT molecular complexity index is 695. The van der Waals surface area contributed by atoms with Crippen LogP contribution < -0.4 is 11.1 Å². The summed E-state index contributed by atoms with van der Waals surface area (Å²) in [5.74, 6) is -0.175. The molecule has 0 spiro atoms. The molecule has 0 radical (unpaired) electrons. The molecule has 2 aromatic rings. The Balaban J connectivity index is 2.07. The molecular weight excluding hydrogens is 310 g/mol. The summed E-state index contributed by atoms with van der Waals surface area (Å²) in [5.41, 5.74) is 8.38. The smallest absolute Gasteiger partial charge is 0.244 e. The van der Waals surface area contributed by atoms with E-state index >= 15 is 0 Å². The molecule has 1 atom stereocenters. The molecule has 0 fully saturated rings. The maximum absolute atomic E-state index is 12.6. The lowest BCUT2D eigenvalue weighted by Crippen LogP contribution is -2.48. The number of amides is 1. The first-order chi connectivity index (χ1) is 11.8. The van der Waals surface area contributed by atoms with Gasteiger partial charge in [0.05, 0.1) is 0 Å². The molecule has 1 amide bonds. The molecule has 2 aromatic carbocycles. The van der Waals surface area contributed by atoms with E-state index in [1.54, 1.807) is 6.92 Å². The average molecular weight is 339 g/mol. The third-order valence-corrected chi connectivity index (χ3v) is 4.70. The molecule has 0 aliphatic rings. The van der Waals surface area contributed by atoms with Crippen LogP contribution in [-0.2, 0) is 23.4 Å². The van der Waals surface area contributed by atoms with Crippen LogP contribution in [0.15, 0.2) is 54.6 Å². The van der Waals surface area contributed by atoms with Crippen molar-refractivity contribution in [3.05, 3.63) is 71.3 Å². The molecular formula is C21H29N3O. The van der Waals surface area contributed by atoms with Crippen LogP contribution in [0.3, 0.4) is 0 Å². The minimum Gasteiger partial charge on any atom is -0.350 e. The number of rotatable bonds is 7. The highest BCUT2D eigenvalue weighted by Gasteiger charge is 2.30. The van der Waals surface area contributed by atoms with Crippen molar-refractivity contribution in [2.45, 2.75) is 45.4 Å². The van der Waals surface area contributed by atoms with Crippen LogP contribution in [0.25, 0.3) is 0 Å². The van der Waals surface area contributed by atoms with Crippen LogP contribution in [0.4, 0.5) is 0 Å². The second kappa shape index (κ2) is 8.28. The van der Waals surface area contributed by atoms with Crippen molar-refractivity contribution >= 4 is 5.91 Å². The van der Waals surface area contributed by atoms with E-state index in [1.807, 2.05) is 42.5 Å². The molecule has 0 aliphatic heterocycles. The van der Waals surface area contributed by atoms with E-state index in [2.05, 4.69) is 43.2 Å². The molecule has 0 bridgehead atoms. The highest BCUT2D eigenvalue weighted by atomic mass is 16.2. The summed E-state index contributed by atoms with van der Waals surface area (Å²) in [5, 5.41) is 3.00. The SMILES string of the molecule is CC(C)N(C)Cc1ccccc1CNC(=O)C(C)(N)c1ccccc1. The summed E-state index contributed by atoms with van der Waals surface area (Å²) in [7, 11) is 2.10. The van der Waals surface area contributed by atoms with Gasteiger partial charge in [0.15, 0.2) is 0 Å². The molecule has 0 saturated heterocycles. The van der Waals surface area contributed by atoms with Crippen molar-refractivity contribution in [3.8, 4) is 0 Å². The van der Waals surface area contributed by atoms with E-state index in [-0.39, 0.29) is 5.91 Å². The third kappa shape index (κ3) is 4.91. The third-order valence-electron chi connectivity index (χ3n) is 4.70. The predicted molar refractivity (Wildman–Crippen MR) is 103 cm³/mol. The highest BCUT2D eigenvalue weighted by molar-refractivity contribution is 5.86. The first kappa shape index (κ1) is 19.2. The minimum absolute atomic E-state index is 0.175. The maximum atomic E-state index is 12.6. The molecule has 0 saturated carbocycles. The Morgan fingerprint density at radius 2 is 1.64 bits per heavy atom. The van der Waals surface area contributed by atoms with Gasteiger partial charge >= 0.3 is 0 Å². The lowest BCUT2D eigenvalue weighted by Gasteiger charge is -2.25. The summed E-state index contributed by atoms with van der Waals surface area (Å²) >= 11 is 0. The molecule has 4 heteroatoms. The summed E-state index contributed by atoms with van der Waals surface area (Å²) in [6, 6.07) is 18.1. The number of nitrogens with two attached hydrogens (primary N) is 1. The lowest BCUT2D eigenvalue weighted by atomic mass is 9.92. The van der Waals surface area contributed by atoms with E-state index in [0.717, 1.165) is 17.7 Å². The zero-order chi connectivity index (χ0) is 18.4. The minimum atomic E-state index is -1.05. The van der Waals surface area contributed by atoms with E-state index in [0.29, 0.717) is 12.6 Å². The van der Waals surface area contributed by atoms with Gasteiger partial charge in [-0.15, -0.1) is 0 Å². The van der Waals surface area contributed by atoms with Gasteiger partial charge in [0.1, 0.15) is 5.54 Å². The number of nitrogens with one attached hydrogen (secondary N) is 1. The van der Waals surface area contributed by atoms with Gasteiger partial charge in [-0.05, 0) is 44.5 Å². The van der Waals surface area contributed by atoms with Crippen LogP contribution in [0.5, 0.6) is 0 Å². The molecule has 0 aromatic heterocycles. The van der Waals surface area contributed by atoms with Gasteiger partial charge in [-0.2, -0.15) is 0 Å². The quantitative estimate of drug-likeness (QED) is 0.815. The molecule has 0 heterocycles. The summed E-state index contributed by atoms with van der Waals surface area (Å²) < 4.78 is 0. The van der Waals surface area contributed by atoms with Crippen LogP contribution in [0.1, 0.15) is 37.5 Å². The Morgan fingerprint density at radius 1 is 1.08 bits per heavy atom. The normalized spacial score (nSPS) is 13.7. The fourth-order valence-corrected chi connectivity index (χ4v) is 2.61. The van der Waals surface area contributed by atoms with Gasteiger partial charge < -0.3 is 11.1 Å². The second-order valence-electron chi connectivity index (χ2n) is 7.03. The predicted octanol–water partition coefficient (Wildman–Crippen LogP) is 3.02. The van der Waals surface area contributed by atoms with Crippen LogP contribution >= 0.6 is 0 Å². The van der Waals surface area contributed by atoms with Gasteiger partial charge in [-0.1, -0.05) is 54.6 Å². The fraction of sp³-hybridized carbons (Fsp3) is 0.381. The Morgan fingerprint density at radius 3 is 2.24 bits per heavy atom. The van der Waals surface area contributed by atoms with Crippen LogP contribution in [0.2, 0.25) is 0 Å². The van der Waals surface area contributed by atoms with Crippen molar-refractivity contribution < 1.29 is 4.79 Å². The first-order valence-electron chi connectivity index (χ1n) is 8.72. The number of hydrogen-bond donors (Lipinski definition) is 2. The van der Waals surface area contributed by atoms with Crippen molar-refractivity contribution in [2.24, 2.45) is 5.73 Å². The lowest BCUT2D eigenvalue weighted by molar-refractivity contribution is -0.126. The Kier molecular flexibility index (Phi) is 6.34. The number of carbonyl (C=O) groups excluding carboxylic acids is 1. The number of benzene rings is 2. The van der Waals surface area contributed by atoms with Gasteiger partial charge in [-0.25, -0.2) is 0 Å². The molecule has 1 unspecified atom stereocenters.